The maximum atomic E-state index is 12.9. The van der Waals surface area contributed by atoms with Crippen LogP contribution in [0.1, 0.15) is 29.0 Å². The number of amides is 1. The highest BCUT2D eigenvalue weighted by Gasteiger charge is 2.32. The average Bonchev–Trinajstić information content (AvgIpc) is 2.71. The number of aromatic nitrogens is 2. The number of hydrogen-bond acceptors (Lipinski definition) is 4. The molecule has 0 saturated heterocycles. The van der Waals surface area contributed by atoms with Gasteiger partial charge in [0, 0.05) is 25.1 Å². The predicted octanol–water partition coefficient (Wildman–Crippen LogP) is 4.85. The molecule has 1 unspecified atom stereocenters. The third kappa shape index (κ3) is 4.06. The van der Waals surface area contributed by atoms with E-state index in [4.69, 9.17) is 23.2 Å². The van der Waals surface area contributed by atoms with Crippen LogP contribution >= 0.6 is 35.0 Å². The monoisotopic (exact) mass is 445 g/mol. The number of anilines is 1. The first kappa shape index (κ1) is 20.0. The number of carbonyl (C=O) groups is 1. The van der Waals surface area contributed by atoms with Gasteiger partial charge in [-0.3, -0.25) is 9.59 Å². The minimum absolute atomic E-state index is 0.151. The van der Waals surface area contributed by atoms with Crippen molar-refractivity contribution in [3.63, 3.8) is 0 Å². The van der Waals surface area contributed by atoms with Gasteiger partial charge in [-0.25, -0.2) is 0 Å². The van der Waals surface area contributed by atoms with Gasteiger partial charge < -0.3 is 9.88 Å². The van der Waals surface area contributed by atoms with E-state index < -0.39 is 5.92 Å². The number of benzene rings is 2. The van der Waals surface area contributed by atoms with Gasteiger partial charge in [-0.05, 0) is 23.3 Å². The Morgan fingerprint density at radius 1 is 1.14 bits per heavy atom. The summed E-state index contributed by atoms with van der Waals surface area (Å²) in [6, 6.07) is 15.1. The third-order valence-corrected chi connectivity index (χ3v) is 6.70. The Hall–Kier alpha value is -2.28. The molecule has 2 heterocycles. The maximum absolute atomic E-state index is 12.9. The Labute approximate surface area is 182 Å². The summed E-state index contributed by atoms with van der Waals surface area (Å²) in [5.41, 5.74) is 2.01. The lowest BCUT2D eigenvalue weighted by atomic mass is 9.87. The number of carbonyl (C=O) groups excluding carboxylic acids is 1. The third-order valence-electron chi connectivity index (χ3n) is 4.86. The molecule has 148 valence electrons. The lowest BCUT2D eigenvalue weighted by Crippen LogP contribution is -2.33. The smallest absolute Gasteiger partial charge is 0.279 e. The molecule has 0 aliphatic carbocycles. The summed E-state index contributed by atoms with van der Waals surface area (Å²) in [6.07, 6.45) is 0.151. The molecule has 0 fully saturated rings. The molecule has 1 atom stereocenters. The zero-order valence-corrected chi connectivity index (χ0v) is 17.8. The fourth-order valence-corrected chi connectivity index (χ4v) is 4.63. The molecular formula is C21H17Cl2N3O2S. The van der Waals surface area contributed by atoms with Gasteiger partial charge in [-0.2, -0.15) is 4.98 Å². The Kier molecular flexibility index (Phi) is 5.67. The predicted molar refractivity (Wildman–Crippen MR) is 117 cm³/mol. The van der Waals surface area contributed by atoms with Crippen LogP contribution in [0.4, 0.5) is 5.82 Å². The van der Waals surface area contributed by atoms with Crippen molar-refractivity contribution in [1.29, 1.82) is 0 Å². The first-order chi connectivity index (χ1) is 13.9. The molecule has 29 heavy (non-hydrogen) atoms. The molecule has 1 amide bonds. The van der Waals surface area contributed by atoms with Crippen molar-refractivity contribution in [1.82, 2.24) is 9.55 Å². The van der Waals surface area contributed by atoms with E-state index in [1.807, 2.05) is 30.3 Å². The van der Waals surface area contributed by atoms with E-state index in [0.29, 0.717) is 32.3 Å². The lowest BCUT2D eigenvalue weighted by Gasteiger charge is -2.27. The summed E-state index contributed by atoms with van der Waals surface area (Å²) in [4.78, 5) is 29.6. The summed E-state index contributed by atoms with van der Waals surface area (Å²) >= 11 is 13.6. The average molecular weight is 446 g/mol. The van der Waals surface area contributed by atoms with Crippen molar-refractivity contribution < 1.29 is 4.79 Å². The zero-order chi connectivity index (χ0) is 20.5. The molecule has 1 N–H and O–H groups in total. The fourth-order valence-electron chi connectivity index (χ4n) is 3.40. The van der Waals surface area contributed by atoms with Crippen LogP contribution in [0.25, 0.3) is 0 Å². The number of nitrogens with one attached hydrogen (secondary N) is 1. The molecule has 0 saturated carbocycles. The first-order valence-electron chi connectivity index (χ1n) is 8.96. The van der Waals surface area contributed by atoms with Crippen LogP contribution < -0.4 is 10.9 Å². The second-order valence-electron chi connectivity index (χ2n) is 6.77. The molecule has 3 aromatic rings. The second-order valence-corrected chi connectivity index (χ2v) is 8.53. The van der Waals surface area contributed by atoms with Gasteiger partial charge in [0.25, 0.3) is 5.56 Å². The van der Waals surface area contributed by atoms with Crippen LogP contribution in [0.15, 0.2) is 58.5 Å². The van der Waals surface area contributed by atoms with Crippen LogP contribution in [0.3, 0.4) is 0 Å². The highest BCUT2D eigenvalue weighted by atomic mass is 35.5. The normalized spacial score (nSPS) is 15.7. The van der Waals surface area contributed by atoms with Gasteiger partial charge in [-0.1, -0.05) is 71.4 Å². The molecule has 1 aliphatic rings. The number of halogens is 2. The summed E-state index contributed by atoms with van der Waals surface area (Å²) < 4.78 is 1.77. The van der Waals surface area contributed by atoms with Gasteiger partial charge in [-0.15, -0.1) is 0 Å². The Morgan fingerprint density at radius 2 is 1.90 bits per heavy atom. The summed E-state index contributed by atoms with van der Waals surface area (Å²) in [7, 11) is 1.80. The van der Waals surface area contributed by atoms with Crippen LogP contribution in [-0.2, 0) is 17.6 Å². The van der Waals surface area contributed by atoms with Crippen LogP contribution in [0.2, 0.25) is 10.0 Å². The molecule has 1 aromatic heterocycles. The molecule has 0 radical (unpaired) electrons. The van der Waals surface area contributed by atoms with E-state index in [1.165, 1.54) is 11.8 Å². The Balaban J connectivity index is 1.74. The standard InChI is InChI=1S/C21H17Cl2N3O2S/c1-26-19-18(20(28)25-21(26)29-11-12-5-3-2-4-6-12)14(10-17(27)24-19)13-7-8-15(22)16(23)9-13/h2-9,14H,10-11H2,1H3,(H,24,27). The number of rotatable bonds is 4. The van der Waals surface area contributed by atoms with Gasteiger partial charge in [0.1, 0.15) is 5.82 Å². The minimum atomic E-state index is -0.423. The van der Waals surface area contributed by atoms with Crippen molar-refractivity contribution in [2.24, 2.45) is 7.05 Å². The molecule has 0 spiro atoms. The lowest BCUT2D eigenvalue weighted by molar-refractivity contribution is -0.116. The summed E-state index contributed by atoms with van der Waals surface area (Å²) in [5.74, 6) is 0.568. The van der Waals surface area contributed by atoms with Gasteiger partial charge >= 0.3 is 0 Å². The van der Waals surface area contributed by atoms with Crippen molar-refractivity contribution in [2.75, 3.05) is 5.32 Å². The SMILES string of the molecule is Cn1c(SCc2ccccc2)nc(=O)c2c1NC(=O)CC2c1ccc(Cl)c(Cl)c1. The summed E-state index contributed by atoms with van der Waals surface area (Å²) in [5, 5.41) is 4.20. The quantitative estimate of drug-likeness (QED) is 0.460. The van der Waals surface area contributed by atoms with E-state index in [-0.39, 0.29) is 17.9 Å². The van der Waals surface area contributed by atoms with E-state index in [0.717, 1.165) is 11.1 Å². The van der Waals surface area contributed by atoms with Crippen molar-refractivity contribution >= 4 is 46.7 Å². The highest BCUT2D eigenvalue weighted by Crippen LogP contribution is 2.37. The number of hydrogen-bond donors (Lipinski definition) is 1. The Morgan fingerprint density at radius 3 is 2.62 bits per heavy atom. The molecule has 8 heteroatoms. The van der Waals surface area contributed by atoms with Crippen LogP contribution in [-0.4, -0.2) is 15.5 Å². The van der Waals surface area contributed by atoms with Crippen molar-refractivity contribution in [3.8, 4) is 0 Å². The van der Waals surface area contributed by atoms with Crippen LogP contribution in [0, 0.1) is 0 Å². The van der Waals surface area contributed by atoms with Crippen LogP contribution in [0.5, 0.6) is 0 Å². The number of fused-ring (bicyclic) bond motifs is 1. The first-order valence-corrected chi connectivity index (χ1v) is 10.7. The van der Waals surface area contributed by atoms with Crippen molar-refractivity contribution in [3.05, 3.63) is 85.6 Å². The number of nitrogens with zero attached hydrogens (tertiary/aromatic N) is 2. The minimum Gasteiger partial charge on any atom is -0.312 e. The van der Waals surface area contributed by atoms with E-state index in [1.54, 1.807) is 29.8 Å². The van der Waals surface area contributed by atoms with E-state index in [9.17, 15) is 9.59 Å². The topological polar surface area (TPSA) is 64.0 Å². The molecular weight excluding hydrogens is 429 g/mol. The molecule has 4 rings (SSSR count). The van der Waals surface area contributed by atoms with Gasteiger partial charge in [0.05, 0.1) is 15.6 Å². The molecule has 2 aromatic carbocycles. The summed E-state index contributed by atoms with van der Waals surface area (Å²) in [6.45, 7) is 0. The van der Waals surface area contributed by atoms with E-state index >= 15 is 0 Å². The zero-order valence-electron chi connectivity index (χ0n) is 15.5. The van der Waals surface area contributed by atoms with Gasteiger partial charge in [0.2, 0.25) is 5.91 Å². The highest BCUT2D eigenvalue weighted by molar-refractivity contribution is 7.98. The molecule has 1 aliphatic heterocycles. The molecule has 5 nitrogen and oxygen atoms in total. The Bertz CT molecular complexity index is 1150. The fraction of sp³-hybridized carbons (Fsp3) is 0.190. The van der Waals surface area contributed by atoms with Gasteiger partial charge in [0.15, 0.2) is 5.16 Å². The van der Waals surface area contributed by atoms with Crippen molar-refractivity contribution in [2.45, 2.75) is 23.2 Å². The second kappa shape index (κ2) is 8.22. The van der Waals surface area contributed by atoms with E-state index in [2.05, 4.69) is 10.3 Å². The molecule has 0 bridgehead atoms. The largest absolute Gasteiger partial charge is 0.312 e. The number of thioether (sulfide) groups is 1. The maximum Gasteiger partial charge on any atom is 0.279 e.